The molecule has 2 fully saturated rings. The van der Waals surface area contributed by atoms with E-state index < -0.39 is 0 Å². The fourth-order valence-electron chi connectivity index (χ4n) is 4.32. The van der Waals surface area contributed by atoms with Crippen LogP contribution in [0.2, 0.25) is 0 Å². The van der Waals surface area contributed by atoms with Crippen LogP contribution in [0, 0.1) is 23.7 Å². The van der Waals surface area contributed by atoms with Gasteiger partial charge < -0.3 is 15.0 Å². The topological polar surface area (TPSA) is 41.6 Å². The normalized spacial score (nSPS) is 22.2. The van der Waals surface area contributed by atoms with Gasteiger partial charge in [0.2, 0.25) is 0 Å². The highest BCUT2D eigenvalue weighted by Gasteiger charge is 2.31. The van der Waals surface area contributed by atoms with Gasteiger partial charge in [-0.2, -0.15) is 0 Å². The first-order valence-electron chi connectivity index (χ1n) is 10.5. The molecular weight excluding hydrogens is 312 g/mol. The predicted molar refractivity (Wildman–Crippen MR) is 104 cm³/mol. The summed E-state index contributed by atoms with van der Waals surface area (Å²) in [6.45, 7) is 15.1. The van der Waals surface area contributed by atoms with Gasteiger partial charge in [-0.15, -0.1) is 0 Å². The van der Waals surface area contributed by atoms with Crippen molar-refractivity contribution >= 4 is 6.09 Å². The van der Waals surface area contributed by atoms with Crippen molar-refractivity contribution in [1.82, 2.24) is 10.2 Å². The third-order valence-corrected chi connectivity index (χ3v) is 6.49. The van der Waals surface area contributed by atoms with Gasteiger partial charge in [0.05, 0.1) is 0 Å². The van der Waals surface area contributed by atoms with Crippen molar-refractivity contribution in [1.29, 1.82) is 0 Å². The monoisotopic (exact) mass is 352 g/mol. The summed E-state index contributed by atoms with van der Waals surface area (Å²) in [6, 6.07) is 0. The van der Waals surface area contributed by atoms with Gasteiger partial charge in [-0.1, -0.05) is 20.8 Å². The lowest BCUT2D eigenvalue weighted by atomic mass is 9.81. The molecule has 0 aromatic heterocycles. The number of hydrogen-bond donors (Lipinski definition) is 1. The van der Waals surface area contributed by atoms with Gasteiger partial charge >= 0.3 is 6.09 Å². The molecule has 146 valence electrons. The quantitative estimate of drug-likeness (QED) is 0.754. The third-order valence-electron chi connectivity index (χ3n) is 6.49. The van der Waals surface area contributed by atoms with Crippen LogP contribution in [0.3, 0.4) is 0 Å². The maximum atomic E-state index is 12.5. The zero-order valence-corrected chi connectivity index (χ0v) is 17.1. The number of ether oxygens (including phenoxy) is 1. The van der Waals surface area contributed by atoms with Crippen molar-refractivity contribution in [2.24, 2.45) is 23.7 Å². The molecule has 0 aromatic rings. The molecule has 0 bridgehead atoms. The molecule has 2 aliphatic rings. The van der Waals surface area contributed by atoms with Crippen molar-refractivity contribution in [2.75, 3.05) is 26.2 Å². The fraction of sp³-hybridized carbons (Fsp3) is 0.952. The van der Waals surface area contributed by atoms with Gasteiger partial charge in [-0.25, -0.2) is 4.79 Å². The summed E-state index contributed by atoms with van der Waals surface area (Å²) in [7, 11) is 0. The Bertz CT molecular complexity index is 408. The molecule has 2 heterocycles. The molecule has 0 radical (unpaired) electrons. The van der Waals surface area contributed by atoms with Crippen LogP contribution in [-0.4, -0.2) is 42.8 Å². The van der Waals surface area contributed by atoms with Crippen LogP contribution in [-0.2, 0) is 4.74 Å². The molecule has 0 spiro atoms. The predicted octanol–water partition coefficient (Wildman–Crippen LogP) is 4.69. The van der Waals surface area contributed by atoms with E-state index in [1.165, 1.54) is 12.8 Å². The number of likely N-dealkylation sites (tertiary alicyclic amines) is 1. The van der Waals surface area contributed by atoms with Crippen molar-refractivity contribution in [2.45, 2.75) is 78.7 Å². The molecule has 2 saturated heterocycles. The second-order valence-electron chi connectivity index (χ2n) is 9.30. The number of nitrogens with zero attached hydrogens (tertiary/aromatic N) is 1. The first kappa shape index (κ1) is 20.5. The first-order valence-corrected chi connectivity index (χ1v) is 10.5. The van der Waals surface area contributed by atoms with Crippen LogP contribution >= 0.6 is 0 Å². The molecule has 0 aromatic carbocycles. The molecule has 0 saturated carbocycles. The van der Waals surface area contributed by atoms with Crippen LogP contribution in [0.4, 0.5) is 4.79 Å². The van der Waals surface area contributed by atoms with Crippen LogP contribution in [0.15, 0.2) is 0 Å². The smallest absolute Gasteiger partial charge is 0.410 e. The molecule has 4 nitrogen and oxygen atoms in total. The molecule has 1 N–H and O–H groups in total. The van der Waals surface area contributed by atoms with E-state index in [9.17, 15) is 4.79 Å². The molecule has 0 aliphatic carbocycles. The summed E-state index contributed by atoms with van der Waals surface area (Å²) < 4.78 is 5.89. The van der Waals surface area contributed by atoms with Crippen LogP contribution < -0.4 is 5.32 Å². The highest BCUT2D eigenvalue weighted by Crippen LogP contribution is 2.30. The Morgan fingerprint density at radius 3 is 2.24 bits per heavy atom. The molecule has 1 unspecified atom stereocenters. The van der Waals surface area contributed by atoms with Crippen LogP contribution in [0.5, 0.6) is 0 Å². The summed E-state index contributed by atoms with van der Waals surface area (Å²) in [5.74, 6) is 3.00. The number of piperidine rings is 2. The summed E-state index contributed by atoms with van der Waals surface area (Å²) in [5, 5.41) is 3.44. The Balaban J connectivity index is 1.73. The standard InChI is InChI=1S/C21H40N2O2/c1-16(2)18-9-14-23(15-10-18)20(24)25-21(4,5)11-6-17(3)19-7-12-22-13-8-19/h16-19,22H,6-15H2,1-5H3. The minimum absolute atomic E-state index is 0.110. The largest absolute Gasteiger partial charge is 0.443 e. The molecular formula is C21H40N2O2. The van der Waals surface area contributed by atoms with Gasteiger partial charge in [-0.3, -0.25) is 0 Å². The second-order valence-corrected chi connectivity index (χ2v) is 9.30. The Hall–Kier alpha value is -0.770. The van der Waals surface area contributed by atoms with E-state index in [2.05, 4.69) is 39.9 Å². The number of carbonyl (C=O) groups is 1. The molecule has 25 heavy (non-hydrogen) atoms. The highest BCUT2D eigenvalue weighted by atomic mass is 16.6. The third kappa shape index (κ3) is 6.47. The summed E-state index contributed by atoms with van der Waals surface area (Å²) in [6.07, 6.45) is 6.77. The second kappa shape index (κ2) is 9.25. The fourth-order valence-corrected chi connectivity index (χ4v) is 4.32. The highest BCUT2D eigenvalue weighted by molar-refractivity contribution is 5.68. The lowest BCUT2D eigenvalue weighted by molar-refractivity contribution is -0.00283. The van der Waals surface area contributed by atoms with E-state index >= 15 is 0 Å². The molecule has 1 atom stereocenters. The lowest BCUT2D eigenvalue weighted by Gasteiger charge is -2.36. The van der Waals surface area contributed by atoms with E-state index in [0.29, 0.717) is 11.8 Å². The molecule has 2 aliphatic heterocycles. The average Bonchev–Trinajstić information content (AvgIpc) is 2.60. The number of hydrogen-bond acceptors (Lipinski definition) is 3. The van der Waals surface area contributed by atoms with E-state index in [4.69, 9.17) is 4.74 Å². The SMILES string of the molecule is CC(C)C1CCN(C(=O)OC(C)(C)CCC(C)C2CCNCC2)CC1. The van der Waals surface area contributed by atoms with E-state index in [1.54, 1.807) is 0 Å². The summed E-state index contributed by atoms with van der Waals surface area (Å²) in [4.78, 5) is 14.4. The minimum atomic E-state index is -0.368. The zero-order valence-electron chi connectivity index (χ0n) is 17.1. The van der Waals surface area contributed by atoms with E-state index in [0.717, 1.165) is 63.7 Å². The summed E-state index contributed by atoms with van der Waals surface area (Å²) >= 11 is 0. The number of rotatable bonds is 6. The average molecular weight is 353 g/mol. The van der Waals surface area contributed by atoms with Gasteiger partial charge in [0, 0.05) is 13.1 Å². The van der Waals surface area contributed by atoms with Crippen molar-refractivity contribution in [3.63, 3.8) is 0 Å². The number of amides is 1. The Labute approximate surface area is 155 Å². The van der Waals surface area contributed by atoms with Crippen molar-refractivity contribution < 1.29 is 9.53 Å². The Morgan fingerprint density at radius 1 is 1.08 bits per heavy atom. The molecule has 4 heteroatoms. The zero-order chi connectivity index (χ0) is 18.4. The minimum Gasteiger partial charge on any atom is -0.443 e. The van der Waals surface area contributed by atoms with E-state index in [-0.39, 0.29) is 11.7 Å². The van der Waals surface area contributed by atoms with Crippen molar-refractivity contribution in [3.05, 3.63) is 0 Å². The Kier molecular flexibility index (Phi) is 7.60. The van der Waals surface area contributed by atoms with Crippen molar-refractivity contribution in [3.8, 4) is 0 Å². The summed E-state index contributed by atoms with van der Waals surface area (Å²) in [5.41, 5.74) is -0.368. The van der Waals surface area contributed by atoms with Gasteiger partial charge in [-0.05, 0) is 89.1 Å². The maximum absolute atomic E-state index is 12.5. The molecule has 1 amide bonds. The van der Waals surface area contributed by atoms with Gasteiger partial charge in [0.15, 0.2) is 0 Å². The van der Waals surface area contributed by atoms with Gasteiger partial charge in [0.25, 0.3) is 0 Å². The molecule has 2 rings (SSSR count). The van der Waals surface area contributed by atoms with E-state index in [1.807, 2.05) is 4.90 Å². The van der Waals surface area contributed by atoms with Crippen LogP contribution in [0.25, 0.3) is 0 Å². The number of nitrogens with one attached hydrogen (secondary N) is 1. The first-order chi connectivity index (χ1) is 11.8. The van der Waals surface area contributed by atoms with Crippen LogP contribution in [0.1, 0.15) is 73.1 Å². The number of carbonyl (C=O) groups excluding carboxylic acids is 1. The van der Waals surface area contributed by atoms with Gasteiger partial charge in [0.1, 0.15) is 5.60 Å². The Morgan fingerprint density at radius 2 is 1.68 bits per heavy atom. The lowest BCUT2D eigenvalue weighted by Crippen LogP contribution is -2.43. The maximum Gasteiger partial charge on any atom is 0.410 e.